The van der Waals surface area contributed by atoms with Gasteiger partial charge in [-0.05, 0) is 31.2 Å². The van der Waals surface area contributed by atoms with Crippen LogP contribution in [-0.4, -0.2) is 48.6 Å². The molecule has 0 radical (unpaired) electrons. The van der Waals surface area contributed by atoms with E-state index in [2.05, 4.69) is 9.88 Å². The minimum Gasteiger partial charge on any atom is -0.495 e. The fourth-order valence-electron chi connectivity index (χ4n) is 3.12. The highest BCUT2D eigenvalue weighted by atomic mass is 16.5. The van der Waals surface area contributed by atoms with E-state index in [-0.39, 0.29) is 11.9 Å². The van der Waals surface area contributed by atoms with E-state index in [1.165, 1.54) is 6.20 Å². The van der Waals surface area contributed by atoms with Crippen molar-refractivity contribution in [1.82, 2.24) is 9.88 Å². The smallest absolute Gasteiger partial charge is 0.255 e. The van der Waals surface area contributed by atoms with Crippen molar-refractivity contribution in [2.45, 2.75) is 13.0 Å². The van der Waals surface area contributed by atoms with Crippen molar-refractivity contribution in [3.8, 4) is 11.8 Å². The molecule has 0 aliphatic carbocycles. The molecule has 128 valence electrons. The Morgan fingerprint density at radius 3 is 2.72 bits per heavy atom. The topological polar surface area (TPSA) is 69.5 Å². The molecular weight excluding hydrogens is 316 g/mol. The molecule has 1 aliphatic heterocycles. The van der Waals surface area contributed by atoms with Crippen LogP contribution in [0.25, 0.3) is 0 Å². The van der Waals surface area contributed by atoms with Crippen molar-refractivity contribution in [1.29, 1.82) is 5.26 Å². The molecule has 1 amide bonds. The van der Waals surface area contributed by atoms with E-state index in [4.69, 9.17) is 10.00 Å². The zero-order valence-corrected chi connectivity index (χ0v) is 14.3. The highest BCUT2D eigenvalue weighted by molar-refractivity contribution is 5.94. The lowest BCUT2D eigenvalue weighted by Gasteiger charge is -2.41. The van der Waals surface area contributed by atoms with E-state index in [0.717, 1.165) is 24.5 Å². The van der Waals surface area contributed by atoms with Crippen LogP contribution >= 0.6 is 0 Å². The fourth-order valence-corrected chi connectivity index (χ4v) is 3.12. The van der Waals surface area contributed by atoms with Gasteiger partial charge in [-0.15, -0.1) is 0 Å². The number of aromatic nitrogens is 1. The summed E-state index contributed by atoms with van der Waals surface area (Å²) >= 11 is 0. The van der Waals surface area contributed by atoms with Gasteiger partial charge in [0, 0.05) is 31.9 Å². The first-order valence-electron chi connectivity index (χ1n) is 8.19. The third-order valence-corrected chi connectivity index (χ3v) is 4.44. The Morgan fingerprint density at radius 1 is 1.28 bits per heavy atom. The standard InChI is InChI=1S/C19H20N4O2/c1-14-13-22(17-5-3-4-6-18(17)25-2)9-10-23(14)19(24)15-7-8-16(11-20)21-12-15/h3-8,12,14H,9-10,13H2,1-2H3. The fraction of sp³-hybridized carbons (Fsp3) is 0.316. The van der Waals surface area contributed by atoms with Gasteiger partial charge in [-0.3, -0.25) is 4.79 Å². The van der Waals surface area contributed by atoms with Gasteiger partial charge in [0.15, 0.2) is 0 Å². The highest BCUT2D eigenvalue weighted by Gasteiger charge is 2.29. The minimum absolute atomic E-state index is 0.0517. The van der Waals surface area contributed by atoms with Gasteiger partial charge in [-0.1, -0.05) is 12.1 Å². The molecule has 0 bridgehead atoms. The number of carbonyl (C=O) groups excluding carboxylic acids is 1. The summed E-state index contributed by atoms with van der Waals surface area (Å²) in [5.41, 5.74) is 1.87. The van der Waals surface area contributed by atoms with Crippen LogP contribution in [0.2, 0.25) is 0 Å². The number of ether oxygens (including phenoxy) is 1. The molecule has 1 aliphatic rings. The predicted octanol–water partition coefficient (Wildman–Crippen LogP) is 2.31. The quantitative estimate of drug-likeness (QED) is 0.860. The van der Waals surface area contributed by atoms with Crippen LogP contribution in [0.5, 0.6) is 5.75 Å². The normalized spacial score (nSPS) is 17.1. The lowest BCUT2D eigenvalue weighted by Crippen LogP contribution is -2.54. The third-order valence-electron chi connectivity index (χ3n) is 4.44. The first-order valence-corrected chi connectivity index (χ1v) is 8.19. The van der Waals surface area contributed by atoms with E-state index in [0.29, 0.717) is 17.8 Å². The molecule has 6 nitrogen and oxygen atoms in total. The zero-order chi connectivity index (χ0) is 17.8. The number of nitrogens with zero attached hydrogens (tertiary/aromatic N) is 4. The van der Waals surface area contributed by atoms with Crippen LogP contribution in [0.3, 0.4) is 0 Å². The molecule has 25 heavy (non-hydrogen) atoms. The number of methoxy groups -OCH3 is 1. The van der Waals surface area contributed by atoms with Crippen LogP contribution in [0.15, 0.2) is 42.6 Å². The number of amides is 1. The lowest BCUT2D eigenvalue weighted by molar-refractivity contribution is 0.0673. The van der Waals surface area contributed by atoms with E-state index in [9.17, 15) is 4.79 Å². The number of piperazine rings is 1. The van der Waals surface area contributed by atoms with Crippen molar-refractivity contribution in [2.24, 2.45) is 0 Å². The maximum atomic E-state index is 12.7. The molecule has 2 heterocycles. The molecule has 1 saturated heterocycles. The van der Waals surface area contributed by atoms with Crippen LogP contribution in [0.1, 0.15) is 23.0 Å². The molecule has 0 spiro atoms. The summed E-state index contributed by atoms with van der Waals surface area (Å²) in [4.78, 5) is 20.8. The monoisotopic (exact) mass is 336 g/mol. The average molecular weight is 336 g/mol. The van der Waals surface area contributed by atoms with E-state index in [1.807, 2.05) is 42.2 Å². The number of benzene rings is 1. The Bertz CT molecular complexity index is 798. The highest BCUT2D eigenvalue weighted by Crippen LogP contribution is 2.29. The summed E-state index contributed by atoms with van der Waals surface area (Å²) in [6, 6.07) is 13.2. The van der Waals surface area contributed by atoms with Crippen LogP contribution in [-0.2, 0) is 0 Å². The Kier molecular flexibility index (Phi) is 4.85. The zero-order valence-electron chi connectivity index (χ0n) is 14.3. The summed E-state index contributed by atoms with van der Waals surface area (Å²) in [5.74, 6) is 0.787. The van der Waals surface area contributed by atoms with Gasteiger partial charge in [0.25, 0.3) is 5.91 Å². The number of para-hydroxylation sites is 2. The van der Waals surface area contributed by atoms with E-state index < -0.39 is 0 Å². The number of rotatable bonds is 3. The van der Waals surface area contributed by atoms with E-state index >= 15 is 0 Å². The van der Waals surface area contributed by atoms with Crippen LogP contribution in [0.4, 0.5) is 5.69 Å². The van der Waals surface area contributed by atoms with Gasteiger partial charge >= 0.3 is 0 Å². The van der Waals surface area contributed by atoms with Crippen LogP contribution in [0, 0.1) is 11.3 Å². The summed E-state index contributed by atoms with van der Waals surface area (Å²) in [6.07, 6.45) is 1.47. The number of pyridine rings is 1. The first-order chi connectivity index (χ1) is 12.1. The van der Waals surface area contributed by atoms with Gasteiger partial charge in [0.1, 0.15) is 17.5 Å². The number of nitriles is 1. The van der Waals surface area contributed by atoms with Crippen molar-refractivity contribution >= 4 is 11.6 Å². The molecule has 1 aromatic carbocycles. The van der Waals surface area contributed by atoms with Crippen molar-refractivity contribution < 1.29 is 9.53 Å². The second-order valence-electron chi connectivity index (χ2n) is 6.01. The van der Waals surface area contributed by atoms with Crippen molar-refractivity contribution in [3.63, 3.8) is 0 Å². The number of anilines is 1. The van der Waals surface area contributed by atoms with Gasteiger partial charge in [-0.2, -0.15) is 5.26 Å². The summed E-state index contributed by atoms with van der Waals surface area (Å²) < 4.78 is 5.44. The Labute approximate surface area is 147 Å². The maximum absolute atomic E-state index is 12.7. The molecule has 2 aromatic rings. The molecule has 1 unspecified atom stereocenters. The van der Waals surface area contributed by atoms with Gasteiger partial charge < -0.3 is 14.5 Å². The van der Waals surface area contributed by atoms with Crippen molar-refractivity contribution in [3.05, 3.63) is 53.9 Å². The minimum atomic E-state index is -0.0517. The van der Waals surface area contributed by atoms with Crippen LogP contribution < -0.4 is 9.64 Å². The van der Waals surface area contributed by atoms with E-state index in [1.54, 1.807) is 19.2 Å². The maximum Gasteiger partial charge on any atom is 0.255 e. The third kappa shape index (κ3) is 3.41. The van der Waals surface area contributed by atoms with Gasteiger partial charge in [0.05, 0.1) is 18.4 Å². The number of carbonyl (C=O) groups is 1. The molecule has 1 fully saturated rings. The Balaban J connectivity index is 1.73. The average Bonchev–Trinajstić information content (AvgIpc) is 2.67. The Morgan fingerprint density at radius 2 is 2.08 bits per heavy atom. The SMILES string of the molecule is COc1ccccc1N1CCN(C(=O)c2ccc(C#N)nc2)C(C)C1. The predicted molar refractivity (Wildman–Crippen MR) is 94.7 cm³/mol. The summed E-state index contributed by atoms with van der Waals surface area (Å²) in [7, 11) is 1.67. The molecule has 0 N–H and O–H groups in total. The van der Waals surface area contributed by atoms with Gasteiger partial charge in [0.2, 0.25) is 0 Å². The Hall–Kier alpha value is -3.07. The second kappa shape index (κ2) is 7.22. The molecule has 1 atom stereocenters. The second-order valence-corrected chi connectivity index (χ2v) is 6.01. The molecule has 0 saturated carbocycles. The van der Waals surface area contributed by atoms with Gasteiger partial charge in [-0.25, -0.2) is 4.98 Å². The number of hydrogen-bond acceptors (Lipinski definition) is 5. The molecule has 6 heteroatoms. The van der Waals surface area contributed by atoms with Crippen molar-refractivity contribution in [2.75, 3.05) is 31.6 Å². The lowest BCUT2D eigenvalue weighted by atomic mass is 10.1. The first kappa shape index (κ1) is 16.8. The summed E-state index contributed by atoms with van der Waals surface area (Å²) in [6.45, 7) is 4.13. The molecule has 1 aromatic heterocycles. The molecular formula is C19H20N4O2. The summed E-state index contributed by atoms with van der Waals surface area (Å²) in [5, 5.41) is 8.81. The number of hydrogen-bond donors (Lipinski definition) is 0. The largest absolute Gasteiger partial charge is 0.495 e. The molecule has 3 rings (SSSR count).